The zero-order valence-electron chi connectivity index (χ0n) is 8.16. The predicted molar refractivity (Wildman–Crippen MR) is 51.8 cm³/mol. The van der Waals surface area contributed by atoms with Crippen LogP contribution < -0.4 is 4.74 Å². The molecule has 0 spiro atoms. The van der Waals surface area contributed by atoms with E-state index in [0.29, 0.717) is 0 Å². The third kappa shape index (κ3) is 2.00. The Labute approximate surface area is 78.8 Å². The van der Waals surface area contributed by atoms with Crippen molar-refractivity contribution in [3.63, 3.8) is 0 Å². The van der Waals surface area contributed by atoms with E-state index in [4.69, 9.17) is 10.00 Å². The van der Waals surface area contributed by atoms with Crippen LogP contribution in [0.2, 0.25) is 0 Å². The van der Waals surface area contributed by atoms with Crippen molar-refractivity contribution in [2.45, 2.75) is 19.8 Å². The lowest BCUT2D eigenvalue weighted by atomic mass is 9.97. The molecule has 68 valence electrons. The standard InChI is InChI=1S/C11H13NO/c1-8-4-5-10(13-3)6-11(8)9(2)7-12/h4-6,9H,1-3H3. The highest BCUT2D eigenvalue weighted by molar-refractivity contribution is 5.38. The van der Waals surface area contributed by atoms with Gasteiger partial charge in [-0.3, -0.25) is 0 Å². The lowest BCUT2D eigenvalue weighted by Gasteiger charge is -2.09. The summed E-state index contributed by atoms with van der Waals surface area (Å²) in [4.78, 5) is 0. The Kier molecular flexibility index (Phi) is 2.92. The quantitative estimate of drug-likeness (QED) is 0.692. The van der Waals surface area contributed by atoms with Crippen LogP contribution in [0.15, 0.2) is 18.2 Å². The van der Waals surface area contributed by atoms with Gasteiger partial charge in [-0.2, -0.15) is 5.26 Å². The second kappa shape index (κ2) is 3.95. The number of hydrogen-bond acceptors (Lipinski definition) is 2. The largest absolute Gasteiger partial charge is 0.497 e. The SMILES string of the molecule is COc1ccc(C)c(C(C)C#N)c1. The maximum atomic E-state index is 8.79. The first-order valence-electron chi connectivity index (χ1n) is 4.23. The summed E-state index contributed by atoms with van der Waals surface area (Å²) in [6.07, 6.45) is 0. The van der Waals surface area contributed by atoms with Gasteiger partial charge in [-0.1, -0.05) is 6.07 Å². The Balaban J connectivity index is 3.12. The summed E-state index contributed by atoms with van der Waals surface area (Å²) >= 11 is 0. The Morgan fingerprint density at radius 2 is 2.15 bits per heavy atom. The lowest BCUT2D eigenvalue weighted by molar-refractivity contribution is 0.414. The fourth-order valence-corrected chi connectivity index (χ4v) is 1.28. The number of methoxy groups -OCH3 is 1. The van der Waals surface area contributed by atoms with Crippen LogP contribution in [0.5, 0.6) is 5.75 Å². The molecule has 1 rings (SSSR count). The second-order valence-corrected chi connectivity index (χ2v) is 3.07. The minimum atomic E-state index is -0.0740. The lowest BCUT2D eigenvalue weighted by Crippen LogP contribution is -1.94. The van der Waals surface area contributed by atoms with Crippen molar-refractivity contribution in [1.82, 2.24) is 0 Å². The molecule has 0 N–H and O–H groups in total. The van der Waals surface area contributed by atoms with Crippen LogP contribution in [-0.4, -0.2) is 7.11 Å². The number of nitriles is 1. The molecule has 1 aromatic carbocycles. The van der Waals surface area contributed by atoms with Gasteiger partial charge >= 0.3 is 0 Å². The highest BCUT2D eigenvalue weighted by Gasteiger charge is 2.07. The Hall–Kier alpha value is -1.49. The summed E-state index contributed by atoms with van der Waals surface area (Å²) in [5.41, 5.74) is 2.18. The first-order valence-corrected chi connectivity index (χ1v) is 4.23. The summed E-state index contributed by atoms with van der Waals surface area (Å²) < 4.78 is 5.10. The number of ether oxygens (including phenoxy) is 1. The van der Waals surface area contributed by atoms with Gasteiger partial charge in [-0.15, -0.1) is 0 Å². The molecule has 2 heteroatoms. The molecule has 0 saturated heterocycles. The number of nitrogens with zero attached hydrogens (tertiary/aromatic N) is 1. The Bertz CT molecular complexity index is 338. The summed E-state index contributed by atoms with van der Waals surface area (Å²) in [5.74, 6) is 0.734. The fraction of sp³-hybridized carbons (Fsp3) is 0.364. The van der Waals surface area contributed by atoms with Crippen molar-refractivity contribution < 1.29 is 4.74 Å². The van der Waals surface area contributed by atoms with E-state index in [2.05, 4.69) is 6.07 Å². The minimum Gasteiger partial charge on any atom is -0.497 e. The molecule has 0 bridgehead atoms. The van der Waals surface area contributed by atoms with Gasteiger partial charge in [-0.25, -0.2) is 0 Å². The summed E-state index contributed by atoms with van der Waals surface area (Å²) in [7, 11) is 1.63. The highest BCUT2D eigenvalue weighted by atomic mass is 16.5. The van der Waals surface area contributed by atoms with E-state index in [1.54, 1.807) is 7.11 Å². The molecular formula is C11H13NO. The first-order chi connectivity index (χ1) is 6.19. The molecule has 0 aliphatic heterocycles. The van der Waals surface area contributed by atoms with Crippen molar-refractivity contribution in [2.75, 3.05) is 7.11 Å². The van der Waals surface area contributed by atoms with E-state index >= 15 is 0 Å². The van der Waals surface area contributed by atoms with E-state index in [0.717, 1.165) is 16.9 Å². The van der Waals surface area contributed by atoms with Gasteiger partial charge in [0.2, 0.25) is 0 Å². The summed E-state index contributed by atoms with van der Waals surface area (Å²) in [5, 5.41) is 8.79. The summed E-state index contributed by atoms with van der Waals surface area (Å²) in [6.45, 7) is 3.89. The molecule has 0 aliphatic rings. The average molecular weight is 175 g/mol. The van der Waals surface area contributed by atoms with Crippen LogP contribution in [0.4, 0.5) is 0 Å². The van der Waals surface area contributed by atoms with E-state index in [-0.39, 0.29) is 5.92 Å². The number of rotatable bonds is 2. The maximum Gasteiger partial charge on any atom is 0.119 e. The monoisotopic (exact) mass is 175 g/mol. The van der Waals surface area contributed by atoms with Crippen molar-refractivity contribution >= 4 is 0 Å². The van der Waals surface area contributed by atoms with Gasteiger partial charge in [0.05, 0.1) is 19.1 Å². The highest BCUT2D eigenvalue weighted by Crippen LogP contribution is 2.23. The maximum absolute atomic E-state index is 8.79. The molecule has 0 radical (unpaired) electrons. The molecule has 0 fully saturated rings. The normalized spacial score (nSPS) is 11.8. The van der Waals surface area contributed by atoms with Gasteiger partial charge in [0.25, 0.3) is 0 Å². The van der Waals surface area contributed by atoms with Gasteiger partial charge in [-0.05, 0) is 37.1 Å². The van der Waals surface area contributed by atoms with Crippen molar-refractivity contribution in [3.8, 4) is 11.8 Å². The van der Waals surface area contributed by atoms with E-state index in [1.807, 2.05) is 32.0 Å². The van der Waals surface area contributed by atoms with Crippen LogP contribution in [0.25, 0.3) is 0 Å². The predicted octanol–water partition coefficient (Wildman–Crippen LogP) is 2.63. The smallest absolute Gasteiger partial charge is 0.119 e. The Morgan fingerprint density at radius 1 is 1.46 bits per heavy atom. The molecule has 1 aromatic rings. The van der Waals surface area contributed by atoms with Gasteiger partial charge in [0, 0.05) is 0 Å². The molecule has 1 unspecified atom stereocenters. The van der Waals surface area contributed by atoms with Crippen LogP contribution in [0.3, 0.4) is 0 Å². The van der Waals surface area contributed by atoms with Crippen LogP contribution >= 0.6 is 0 Å². The van der Waals surface area contributed by atoms with Crippen LogP contribution in [0.1, 0.15) is 24.0 Å². The first kappa shape index (κ1) is 9.60. The van der Waals surface area contributed by atoms with Gasteiger partial charge in [0.15, 0.2) is 0 Å². The molecule has 2 nitrogen and oxygen atoms in total. The number of benzene rings is 1. The molecule has 13 heavy (non-hydrogen) atoms. The van der Waals surface area contributed by atoms with E-state index in [9.17, 15) is 0 Å². The third-order valence-corrected chi connectivity index (χ3v) is 2.15. The number of aryl methyl sites for hydroxylation is 1. The average Bonchev–Trinajstić information content (AvgIpc) is 2.17. The molecule has 0 aliphatic carbocycles. The zero-order valence-corrected chi connectivity index (χ0v) is 8.16. The fourth-order valence-electron chi connectivity index (χ4n) is 1.28. The van der Waals surface area contributed by atoms with Gasteiger partial charge in [0.1, 0.15) is 5.75 Å². The molecule has 1 atom stereocenters. The number of hydrogen-bond donors (Lipinski definition) is 0. The molecule has 0 amide bonds. The van der Waals surface area contributed by atoms with Crippen molar-refractivity contribution in [2.24, 2.45) is 0 Å². The zero-order chi connectivity index (χ0) is 9.84. The van der Waals surface area contributed by atoms with Gasteiger partial charge < -0.3 is 4.74 Å². The topological polar surface area (TPSA) is 33.0 Å². The molecule has 0 aromatic heterocycles. The van der Waals surface area contributed by atoms with E-state index < -0.39 is 0 Å². The van der Waals surface area contributed by atoms with Crippen molar-refractivity contribution in [3.05, 3.63) is 29.3 Å². The van der Waals surface area contributed by atoms with Crippen molar-refractivity contribution in [1.29, 1.82) is 5.26 Å². The second-order valence-electron chi connectivity index (χ2n) is 3.07. The molecular weight excluding hydrogens is 162 g/mol. The van der Waals surface area contributed by atoms with E-state index in [1.165, 1.54) is 0 Å². The summed E-state index contributed by atoms with van der Waals surface area (Å²) in [6, 6.07) is 8.02. The Morgan fingerprint density at radius 3 is 2.69 bits per heavy atom. The third-order valence-electron chi connectivity index (χ3n) is 2.15. The molecule has 0 heterocycles. The van der Waals surface area contributed by atoms with Crippen LogP contribution in [0, 0.1) is 18.3 Å². The minimum absolute atomic E-state index is 0.0740. The molecule has 0 saturated carbocycles. The van der Waals surface area contributed by atoms with Crippen LogP contribution in [-0.2, 0) is 0 Å².